The molecule has 130 valence electrons. The van der Waals surface area contributed by atoms with Crippen LogP contribution in [0.3, 0.4) is 0 Å². The zero-order valence-electron chi connectivity index (χ0n) is 14.6. The third-order valence-corrected chi connectivity index (χ3v) is 4.55. The van der Waals surface area contributed by atoms with Crippen LogP contribution in [0.5, 0.6) is 5.75 Å². The molecule has 0 radical (unpaired) electrons. The van der Waals surface area contributed by atoms with Gasteiger partial charge in [0.2, 0.25) is 5.82 Å². The van der Waals surface area contributed by atoms with E-state index in [1.165, 1.54) is 0 Å². The Hall–Kier alpha value is -3.41. The van der Waals surface area contributed by atoms with E-state index in [9.17, 15) is 9.90 Å². The molecule has 2 heterocycles. The fourth-order valence-electron chi connectivity index (χ4n) is 2.91. The molecule has 2 N–H and O–H groups in total. The Kier molecular flexibility index (Phi) is 3.61. The minimum absolute atomic E-state index is 0.0135. The number of nitrogens with zero attached hydrogens (tertiary/aromatic N) is 2. The molecule has 6 nitrogen and oxygen atoms in total. The first kappa shape index (κ1) is 16.1. The van der Waals surface area contributed by atoms with Crippen molar-refractivity contribution in [2.75, 3.05) is 0 Å². The predicted molar refractivity (Wildman–Crippen MR) is 99.2 cm³/mol. The van der Waals surface area contributed by atoms with Gasteiger partial charge >= 0.3 is 0 Å². The minimum Gasteiger partial charge on any atom is -0.506 e. The maximum atomic E-state index is 12.4. The summed E-state index contributed by atoms with van der Waals surface area (Å²) in [6, 6.07) is 11.2. The van der Waals surface area contributed by atoms with Crippen molar-refractivity contribution in [1.82, 2.24) is 15.1 Å². The van der Waals surface area contributed by atoms with E-state index in [1.807, 2.05) is 45.0 Å². The molecule has 6 heteroatoms. The predicted octanol–water partition coefficient (Wildman–Crippen LogP) is 3.88. The third-order valence-electron chi connectivity index (χ3n) is 4.55. The zero-order chi connectivity index (χ0) is 18.4. The van der Waals surface area contributed by atoms with Gasteiger partial charge in [-0.1, -0.05) is 28.9 Å². The van der Waals surface area contributed by atoms with Crippen molar-refractivity contribution in [2.24, 2.45) is 0 Å². The molecule has 0 unspecified atom stereocenters. The van der Waals surface area contributed by atoms with Crippen LogP contribution in [0.1, 0.15) is 16.7 Å². The van der Waals surface area contributed by atoms with E-state index in [-0.39, 0.29) is 17.2 Å². The molecule has 0 atom stereocenters. The smallest absolute Gasteiger partial charge is 0.267 e. The monoisotopic (exact) mass is 347 g/mol. The quantitative estimate of drug-likeness (QED) is 0.574. The Morgan fingerprint density at radius 2 is 1.85 bits per heavy atom. The van der Waals surface area contributed by atoms with E-state index in [4.69, 9.17) is 4.52 Å². The summed E-state index contributed by atoms with van der Waals surface area (Å²) < 4.78 is 5.27. The summed E-state index contributed by atoms with van der Waals surface area (Å²) in [6.07, 6.45) is 0. The third kappa shape index (κ3) is 2.56. The first-order valence-electron chi connectivity index (χ1n) is 8.21. The highest BCUT2D eigenvalue weighted by Crippen LogP contribution is 2.32. The van der Waals surface area contributed by atoms with E-state index in [1.54, 1.807) is 12.1 Å². The van der Waals surface area contributed by atoms with Gasteiger partial charge in [0.15, 0.2) is 0 Å². The number of nitrogens with one attached hydrogen (secondary N) is 1. The lowest BCUT2D eigenvalue weighted by molar-refractivity contribution is 0.426. The number of aromatic hydroxyl groups is 1. The lowest BCUT2D eigenvalue weighted by atomic mass is 10.1. The van der Waals surface area contributed by atoms with Gasteiger partial charge in [0.25, 0.3) is 11.4 Å². The summed E-state index contributed by atoms with van der Waals surface area (Å²) in [6.45, 7) is 5.94. The van der Waals surface area contributed by atoms with Crippen LogP contribution in [0.4, 0.5) is 0 Å². The highest BCUT2D eigenvalue weighted by Gasteiger charge is 2.20. The number of fused-ring (bicyclic) bond motifs is 1. The Labute approximate surface area is 149 Å². The van der Waals surface area contributed by atoms with Crippen LogP contribution in [0, 0.1) is 20.8 Å². The molecule has 0 saturated heterocycles. The molecule has 0 fully saturated rings. The van der Waals surface area contributed by atoms with Crippen LogP contribution in [0.25, 0.3) is 33.7 Å². The molecule has 26 heavy (non-hydrogen) atoms. The van der Waals surface area contributed by atoms with Crippen molar-refractivity contribution in [3.63, 3.8) is 0 Å². The van der Waals surface area contributed by atoms with E-state index < -0.39 is 5.56 Å². The molecule has 0 amide bonds. The Balaban J connectivity index is 1.87. The fraction of sp³-hybridized carbons (Fsp3) is 0.150. The molecular formula is C20H17N3O3. The lowest BCUT2D eigenvalue weighted by Gasteiger charge is -2.05. The Morgan fingerprint density at radius 3 is 2.62 bits per heavy atom. The van der Waals surface area contributed by atoms with Gasteiger partial charge in [0, 0.05) is 10.9 Å². The van der Waals surface area contributed by atoms with Gasteiger partial charge in [0.05, 0.1) is 5.52 Å². The number of aromatic amines is 1. The molecule has 0 bridgehead atoms. The number of H-pyrrole nitrogens is 1. The summed E-state index contributed by atoms with van der Waals surface area (Å²) in [5.41, 5.74) is 4.07. The summed E-state index contributed by atoms with van der Waals surface area (Å²) in [5.74, 6) is 0.189. The average molecular weight is 347 g/mol. The van der Waals surface area contributed by atoms with Crippen LogP contribution < -0.4 is 5.56 Å². The van der Waals surface area contributed by atoms with Gasteiger partial charge in [-0.05, 0) is 50.1 Å². The maximum absolute atomic E-state index is 12.4. The van der Waals surface area contributed by atoms with Crippen molar-refractivity contribution in [3.8, 4) is 28.6 Å². The van der Waals surface area contributed by atoms with Crippen molar-refractivity contribution in [1.29, 1.82) is 0 Å². The van der Waals surface area contributed by atoms with Gasteiger partial charge in [-0.2, -0.15) is 4.98 Å². The first-order valence-corrected chi connectivity index (χ1v) is 8.21. The van der Waals surface area contributed by atoms with Crippen LogP contribution in [0.2, 0.25) is 0 Å². The Bertz CT molecular complexity index is 1200. The largest absolute Gasteiger partial charge is 0.506 e. The number of pyridine rings is 1. The average Bonchev–Trinajstić information content (AvgIpc) is 3.08. The number of benzene rings is 2. The second-order valence-corrected chi connectivity index (χ2v) is 6.45. The molecule has 0 aliphatic heterocycles. The normalized spacial score (nSPS) is 11.2. The molecule has 0 spiro atoms. The molecule has 0 aliphatic carbocycles. The van der Waals surface area contributed by atoms with Crippen molar-refractivity contribution in [2.45, 2.75) is 20.8 Å². The van der Waals surface area contributed by atoms with Gasteiger partial charge in [0.1, 0.15) is 11.3 Å². The lowest BCUT2D eigenvalue weighted by Crippen LogP contribution is -2.09. The number of hydrogen-bond acceptors (Lipinski definition) is 5. The molecule has 0 saturated carbocycles. The van der Waals surface area contributed by atoms with Crippen molar-refractivity contribution >= 4 is 10.9 Å². The molecule has 0 aliphatic rings. The molecule has 2 aromatic carbocycles. The standard InChI is InChI=1S/C20H17N3O3/c1-10-4-7-15-14(8-10)17(24)16(19(25)21-15)20-22-18(23-26-20)13-6-5-11(2)12(3)9-13/h4-9H,1-3H3,(H2,21,24,25). The zero-order valence-corrected chi connectivity index (χ0v) is 14.6. The van der Waals surface area contributed by atoms with Crippen LogP contribution in [0.15, 0.2) is 45.7 Å². The highest BCUT2D eigenvalue weighted by atomic mass is 16.5. The number of hydrogen-bond donors (Lipinski definition) is 2. The Morgan fingerprint density at radius 1 is 1.04 bits per heavy atom. The summed E-state index contributed by atoms with van der Waals surface area (Å²) in [5, 5.41) is 15.1. The van der Waals surface area contributed by atoms with E-state index in [0.29, 0.717) is 16.7 Å². The summed E-state index contributed by atoms with van der Waals surface area (Å²) in [7, 11) is 0. The van der Waals surface area contributed by atoms with Crippen molar-refractivity contribution < 1.29 is 9.63 Å². The summed E-state index contributed by atoms with van der Waals surface area (Å²) >= 11 is 0. The van der Waals surface area contributed by atoms with Gasteiger partial charge < -0.3 is 14.6 Å². The van der Waals surface area contributed by atoms with Crippen LogP contribution in [-0.4, -0.2) is 20.2 Å². The number of rotatable bonds is 2. The maximum Gasteiger partial charge on any atom is 0.267 e. The fourth-order valence-corrected chi connectivity index (χ4v) is 2.91. The van der Waals surface area contributed by atoms with Crippen LogP contribution in [-0.2, 0) is 0 Å². The topological polar surface area (TPSA) is 92.0 Å². The SMILES string of the molecule is Cc1ccc2[nH]c(=O)c(-c3nc(-c4ccc(C)c(C)c4)no3)c(O)c2c1. The van der Waals surface area contributed by atoms with Gasteiger partial charge in [-0.15, -0.1) is 0 Å². The van der Waals surface area contributed by atoms with Gasteiger partial charge in [-0.25, -0.2) is 0 Å². The molecule has 2 aromatic heterocycles. The second kappa shape index (κ2) is 5.84. The van der Waals surface area contributed by atoms with Crippen molar-refractivity contribution in [3.05, 3.63) is 63.4 Å². The summed E-state index contributed by atoms with van der Waals surface area (Å²) in [4.78, 5) is 19.5. The molecule has 4 aromatic rings. The van der Waals surface area contributed by atoms with Gasteiger partial charge in [-0.3, -0.25) is 4.79 Å². The molecular weight excluding hydrogens is 330 g/mol. The number of aromatic nitrogens is 3. The second-order valence-electron chi connectivity index (χ2n) is 6.45. The van der Waals surface area contributed by atoms with E-state index in [0.717, 1.165) is 22.3 Å². The van der Waals surface area contributed by atoms with Crippen LogP contribution >= 0.6 is 0 Å². The first-order chi connectivity index (χ1) is 12.4. The van der Waals surface area contributed by atoms with E-state index >= 15 is 0 Å². The van der Waals surface area contributed by atoms with E-state index in [2.05, 4.69) is 15.1 Å². The highest BCUT2D eigenvalue weighted by molar-refractivity contribution is 5.90. The molecule has 4 rings (SSSR count). The number of aryl methyl sites for hydroxylation is 3. The minimum atomic E-state index is -0.478.